The topological polar surface area (TPSA) is 110 Å². The van der Waals surface area contributed by atoms with Crippen molar-refractivity contribution in [2.24, 2.45) is 0 Å². The van der Waals surface area contributed by atoms with E-state index in [0.717, 1.165) is 20.4 Å². The predicted octanol–water partition coefficient (Wildman–Crippen LogP) is 3.43. The first-order valence-electron chi connectivity index (χ1n) is 11.2. The van der Waals surface area contributed by atoms with E-state index in [9.17, 15) is 15.3 Å². The highest BCUT2D eigenvalue weighted by Gasteiger charge is 2.24. The summed E-state index contributed by atoms with van der Waals surface area (Å²) in [7, 11) is 0. The van der Waals surface area contributed by atoms with Gasteiger partial charge in [0.05, 0.1) is 28.3 Å². The quantitative estimate of drug-likeness (QED) is 0.212. The van der Waals surface area contributed by atoms with Crippen LogP contribution in [0, 0.1) is 10.5 Å². The molecule has 0 saturated carbocycles. The lowest BCUT2D eigenvalue weighted by Crippen LogP contribution is -2.25. The van der Waals surface area contributed by atoms with E-state index < -0.39 is 12.2 Å². The lowest BCUT2D eigenvalue weighted by molar-refractivity contribution is 0.0882. The van der Waals surface area contributed by atoms with Gasteiger partial charge in [-0.1, -0.05) is 37.3 Å². The minimum atomic E-state index is -0.772. The van der Waals surface area contributed by atoms with Gasteiger partial charge in [0, 0.05) is 5.41 Å². The summed E-state index contributed by atoms with van der Waals surface area (Å²) < 4.78 is 14.0. The molecule has 0 aliphatic carbocycles. The molecule has 2 atom stereocenters. The zero-order valence-corrected chi connectivity index (χ0v) is 22.9. The van der Waals surface area contributed by atoms with E-state index in [2.05, 4.69) is 52.8 Å². The van der Waals surface area contributed by atoms with Crippen LogP contribution in [0.3, 0.4) is 0 Å². The van der Waals surface area contributed by atoms with Crippen molar-refractivity contribution in [1.29, 1.82) is 0 Å². The van der Waals surface area contributed by atoms with Crippen LogP contribution in [0.4, 0.5) is 0 Å². The lowest BCUT2D eigenvalue weighted by atomic mass is 9.78. The Hall–Kier alpha value is -1.92. The Labute approximate surface area is 224 Å². The predicted molar refractivity (Wildman–Crippen MR) is 142 cm³/mol. The van der Waals surface area contributed by atoms with Gasteiger partial charge >= 0.3 is 0 Å². The number of rotatable bonds is 12. The van der Waals surface area contributed by atoms with Crippen molar-refractivity contribution in [3.63, 3.8) is 0 Å². The summed E-state index contributed by atoms with van der Waals surface area (Å²) in [6, 6.07) is 13.8. The largest absolute Gasteiger partial charge is 0.491 e. The minimum Gasteiger partial charge on any atom is -0.491 e. The molecule has 3 N–H and O–H groups in total. The molecule has 0 aliphatic rings. The smallest absolute Gasteiger partial charge is 0.132 e. The van der Waals surface area contributed by atoms with Gasteiger partial charge in [0.15, 0.2) is 0 Å². The fraction of sp³-hybridized carbons (Fsp3) is 0.440. The maximum Gasteiger partial charge on any atom is 0.132 e. The number of nitrogens with zero attached hydrogens (tertiary/aromatic N) is 3. The molecular formula is C25H31ClIN3O5. The van der Waals surface area contributed by atoms with E-state index in [1.54, 1.807) is 11.6 Å². The fourth-order valence-electron chi connectivity index (χ4n) is 3.53. The Balaban J connectivity index is 1.60. The Morgan fingerprint density at radius 1 is 1.03 bits per heavy atom. The van der Waals surface area contributed by atoms with Crippen LogP contribution in [-0.2, 0) is 18.6 Å². The zero-order chi connectivity index (χ0) is 25.6. The number of benzene rings is 2. The third-order valence-electron chi connectivity index (χ3n) is 5.89. The van der Waals surface area contributed by atoms with Gasteiger partial charge in [-0.15, -0.1) is 16.7 Å². The van der Waals surface area contributed by atoms with Crippen LogP contribution >= 0.6 is 34.2 Å². The number of hydrogen-bond donors (Lipinski definition) is 3. The molecule has 0 radical (unpaired) electrons. The zero-order valence-electron chi connectivity index (χ0n) is 20.0. The Kier molecular flexibility index (Phi) is 9.77. The summed E-state index contributed by atoms with van der Waals surface area (Å²) >= 11 is 7.87. The van der Waals surface area contributed by atoms with Gasteiger partial charge in [0.2, 0.25) is 0 Å². The van der Waals surface area contributed by atoms with Crippen molar-refractivity contribution >= 4 is 34.2 Å². The van der Waals surface area contributed by atoms with Crippen molar-refractivity contribution in [2.45, 2.75) is 51.5 Å². The summed E-state index contributed by atoms with van der Waals surface area (Å²) in [6.45, 7) is 6.40. The third-order valence-corrected chi connectivity index (χ3v) is 7.09. The Bertz CT molecular complexity index is 1110. The lowest BCUT2D eigenvalue weighted by Gasteiger charge is -2.27. The van der Waals surface area contributed by atoms with E-state index in [1.165, 1.54) is 0 Å². The molecule has 1 aromatic heterocycles. The molecule has 0 fully saturated rings. The van der Waals surface area contributed by atoms with Crippen molar-refractivity contribution < 1.29 is 24.8 Å². The number of aromatic nitrogens is 3. The molecule has 0 aliphatic heterocycles. The van der Waals surface area contributed by atoms with Crippen LogP contribution in [0.5, 0.6) is 11.5 Å². The molecule has 1 heterocycles. The molecule has 0 amide bonds. The van der Waals surface area contributed by atoms with Gasteiger partial charge in [-0.2, -0.15) is 0 Å². The van der Waals surface area contributed by atoms with E-state index in [-0.39, 0.29) is 37.7 Å². The molecule has 0 saturated heterocycles. The molecule has 3 rings (SSSR count). The first-order chi connectivity index (χ1) is 16.6. The van der Waals surface area contributed by atoms with Gasteiger partial charge in [0.1, 0.15) is 42.6 Å². The second kappa shape index (κ2) is 12.4. The standard InChI is InChI=1S/C25H31ClIN3O5/c1-16-23(13-31)28-29-30(16)12-20(33)15-34-21-7-4-17(5-8-21)25(2,3)18-6-9-24(22(27)10-18)35-14-19(32)11-26/h4-10,19-20,31-33H,11-15H2,1-3H3/t19-,20+/m1/s1. The molecule has 0 bridgehead atoms. The second-order valence-corrected chi connectivity index (χ2v) is 10.3. The van der Waals surface area contributed by atoms with Crippen LogP contribution in [-0.4, -0.2) is 61.6 Å². The molecule has 0 spiro atoms. The maximum absolute atomic E-state index is 10.3. The Morgan fingerprint density at radius 3 is 2.29 bits per heavy atom. The molecule has 2 aromatic carbocycles. The highest BCUT2D eigenvalue weighted by Crippen LogP contribution is 2.35. The molecule has 190 valence electrons. The summed E-state index contributed by atoms with van der Waals surface area (Å²) in [5.41, 5.74) is 3.20. The summed E-state index contributed by atoms with van der Waals surface area (Å²) in [6.07, 6.45) is -1.47. The number of aliphatic hydroxyl groups excluding tert-OH is 3. The number of halogens is 2. The van der Waals surface area contributed by atoms with E-state index in [4.69, 9.17) is 21.1 Å². The Morgan fingerprint density at radius 2 is 1.69 bits per heavy atom. The summed E-state index contributed by atoms with van der Waals surface area (Å²) in [4.78, 5) is 0. The highest BCUT2D eigenvalue weighted by molar-refractivity contribution is 14.1. The van der Waals surface area contributed by atoms with Gasteiger partial charge in [-0.05, 0) is 64.9 Å². The number of alkyl halides is 1. The maximum atomic E-state index is 10.3. The van der Waals surface area contributed by atoms with Crippen LogP contribution < -0.4 is 9.47 Å². The minimum absolute atomic E-state index is 0.106. The van der Waals surface area contributed by atoms with Crippen molar-refractivity contribution in [2.75, 3.05) is 19.1 Å². The molecule has 10 heteroatoms. The number of hydrogen-bond acceptors (Lipinski definition) is 7. The highest BCUT2D eigenvalue weighted by atomic mass is 127. The van der Waals surface area contributed by atoms with Gasteiger partial charge in [0.25, 0.3) is 0 Å². The fourth-order valence-corrected chi connectivity index (χ4v) is 4.29. The van der Waals surface area contributed by atoms with Crippen LogP contribution in [0.1, 0.15) is 36.4 Å². The average Bonchev–Trinajstić information content (AvgIpc) is 3.20. The van der Waals surface area contributed by atoms with Crippen molar-refractivity contribution in [3.8, 4) is 11.5 Å². The summed E-state index contributed by atoms with van der Waals surface area (Å²) in [5.74, 6) is 1.50. The van der Waals surface area contributed by atoms with Crippen molar-refractivity contribution in [1.82, 2.24) is 15.0 Å². The molecular weight excluding hydrogens is 585 g/mol. The van der Waals surface area contributed by atoms with Crippen molar-refractivity contribution in [3.05, 3.63) is 68.5 Å². The number of ether oxygens (including phenoxy) is 2. The number of aliphatic hydroxyl groups is 3. The van der Waals surface area contributed by atoms with Gasteiger partial charge in [-0.3, -0.25) is 0 Å². The van der Waals surface area contributed by atoms with E-state index in [0.29, 0.717) is 17.2 Å². The van der Waals surface area contributed by atoms with Gasteiger partial charge in [-0.25, -0.2) is 4.68 Å². The van der Waals surface area contributed by atoms with E-state index >= 15 is 0 Å². The van der Waals surface area contributed by atoms with Crippen LogP contribution in [0.25, 0.3) is 0 Å². The first-order valence-corrected chi connectivity index (χ1v) is 12.8. The van der Waals surface area contributed by atoms with Gasteiger partial charge < -0.3 is 24.8 Å². The SMILES string of the molecule is Cc1c(CO)nnn1C[C@H](O)COc1ccc(C(C)(C)c2ccc(OC[C@H](O)CCl)c(I)c2)cc1. The summed E-state index contributed by atoms with van der Waals surface area (Å²) in [5, 5.41) is 37.0. The van der Waals surface area contributed by atoms with Crippen LogP contribution in [0.15, 0.2) is 42.5 Å². The van der Waals surface area contributed by atoms with Crippen LogP contribution in [0.2, 0.25) is 0 Å². The third kappa shape index (κ3) is 7.07. The molecule has 35 heavy (non-hydrogen) atoms. The first kappa shape index (κ1) is 27.7. The average molecular weight is 616 g/mol. The normalized spacial score (nSPS) is 13.5. The second-order valence-electron chi connectivity index (χ2n) is 8.84. The molecule has 8 nitrogen and oxygen atoms in total. The molecule has 3 aromatic rings. The molecule has 0 unspecified atom stereocenters. The monoisotopic (exact) mass is 615 g/mol. The van der Waals surface area contributed by atoms with E-state index in [1.807, 2.05) is 36.4 Å².